The zero-order valence-corrected chi connectivity index (χ0v) is 10.3. The molecule has 0 aliphatic carbocycles. The SMILES string of the molecule is CCNC(=O)c1ccc(N(C)C(C)CO)nn1. The first kappa shape index (κ1) is 13.4. The van der Waals surface area contributed by atoms with Gasteiger partial charge in [0.1, 0.15) is 0 Å². The molecule has 0 saturated carbocycles. The van der Waals surface area contributed by atoms with Gasteiger partial charge in [-0.05, 0) is 26.0 Å². The summed E-state index contributed by atoms with van der Waals surface area (Å²) in [6, 6.07) is 3.29. The molecule has 6 nitrogen and oxygen atoms in total. The van der Waals surface area contributed by atoms with E-state index in [1.807, 2.05) is 20.9 Å². The summed E-state index contributed by atoms with van der Waals surface area (Å²) in [4.78, 5) is 13.2. The first-order valence-corrected chi connectivity index (χ1v) is 5.55. The third-order valence-electron chi connectivity index (χ3n) is 2.51. The maximum Gasteiger partial charge on any atom is 0.271 e. The standard InChI is InChI=1S/C11H18N4O2/c1-4-12-11(17)9-5-6-10(14-13-9)15(3)8(2)7-16/h5-6,8,16H,4,7H2,1-3H3,(H,12,17). The average Bonchev–Trinajstić information content (AvgIpc) is 2.37. The van der Waals surface area contributed by atoms with Crippen molar-refractivity contribution < 1.29 is 9.90 Å². The van der Waals surface area contributed by atoms with Crippen LogP contribution < -0.4 is 10.2 Å². The third kappa shape index (κ3) is 3.39. The zero-order valence-electron chi connectivity index (χ0n) is 10.3. The lowest BCUT2D eigenvalue weighted by Gasteiger charge is -2.23. The molecule has 1 aromatic heterocycles. The van der Waals surface area contributed by atoms with Gasteiger partial charge in [0.05, 0.1) is 12.6 Å². The van der Waals surface area contributed by atoms with Crippen LogP contribution in [0.1, 0.15) is 24.3 Å². The molecule has 1 amide bonds. The quantitative estimate of drug-likeness (QED) is 0.757. The van der Waals surface area contributed by atoms with Crippen LogP contribution in [0.2, 0.25) is 0 Å². The summed E-state index contributed by atoms with van der Waals surface area (Å²) in [5.74, 6) is 0.393. The highest BCUT2D eigenvalue weighted by atomic mass is 16.3. The van der Waals surface area contributed by atoms with Gasteiger partial charge in [-0.2, -0.15) is 0 Å². The largest absolute Gasteiger partial charge is 0.394 e. The van der Waals surface area contributed by atoms with Crippen molar-refractivity contribution in [2.24, 2.45) is 0 Å². The Morgan fingerprint density at radius 3 is 2.71 bits per heavy atom. The lowest BCUT2D eigenvalue weighted by molar-refractivity contribution is 0.0950. The second-order valence-corrected chi connectivity index (χ2v) is 3.78. The van der Waals surface area contributed by atoms with Gasteiger partial charge in [0, 0.05) is 13.6 Å². The first-order chi connectivity index (χ1) is 8.10. The number of nitrogens with one attached hydrogen (secondary N) is 1. The maximum absolute atomic E-state index is 11.4. The number of aliphatic hydroxyl groups excluding tert-OH is 1. The van der Waals surface area contributed by atoms with Crippen LogP contribution in [0, 0.1) is 0 Å². The van der Waals surface area contributed by atoms with Crippen molar-refractivity contribution in [1.29, 1.82) is 0 Å². The summed E-state index contributed by atoms with van der Waals surface area (Å²) in [7, 11) is 1.82. The number of likely N-dealkylation sites (N-methyl/N-ethyl adjacent to an activating group) is 1. The van der Waals surface area contributed by atoms with E-state index in [0.717, 1.165) is 0 Å². The van der Waals surface area contributed by atoms with Gasteiger partial charge in [-0.3, -0.25) is 4.79 Å². The topological polar surface area (TPSA) is 78.4 Å². The Morgan fingerprint density at radius 1 is 1.53 bits per heavy atom. The Hall–Kier alpha value is -1.69. The van der Waals surface area contributed by atoms with Crippen LogP contribution in [-0.2, 0) is 0 Å². The van der Waals surface area contributed by atoms with E-state index in [0.29, 0.717) is 18.1 Å². The Kier molecular flexibility index (Phi) is 4.84. The van der Waals surface area contributed by atoms with Crippen molar-refractivity contribution in [1.82, 2.24) is 15.5 Å². The van der Waals surface area contributed by atoms with Gasteiger partial charge in [-0.15, -0.1) is 10.2 Å². The lowest BCUT2D eigenvalue weighted by Crippen LogP contribution is -2.33. The number of hydrogen-bond donors (Lipinski definition) is 2. The normalized spacial score (nSPS) is 12.0. The molecule has 0 aromatic carbocycles. The molecule has 0 spiro atoms. The van der Waals surface area contributed by atoms with Crippen LogP contribution in [0.5, 0.6) is 0 Å². The van der Waals surface area contributed by atoms with Crippen molar-refractivity contribution in [2.75, 3.05) is 25.1 Å². The van der Waals surface area contributed by atoms with Crippen LogP contribution in [0.4, 0.5) is 5.82 Å². The number of nitrogens with zero attached hydrogens (tertiary/aromatic N) is 3. The van der Waals surface area contributed by atoms with Gasteiger partial charge in [-0.1, -0.05) is 0 Å². The molecule has 0 radical (unpaired) electrons. The van der Waals surface area contributed by atoms with E-state index < -0.39 is 0 Å². The molecule has 1 rings (SSSR count). The van der Waals surface area contributed by atoms with Crippen molar-refractivity contribution in [3.05, 3.63) is 17.8 Å². The molecule has 0 aliphatic rings. The summed E-state index contributed by atoms with van der Waals surface area (Å²) in [6.45, 7) is 4.32. The van der Waals surface area contributed by atoms with Gasteiger partial charge in [0.25, 0.3) is 5.91 Å². The molecule has 1 aromatic rings. The first-order valence-electron chi connectivity index (χ1n) is 5.55. The minimum absolute atomic E-state index is 0.0379. The molecule has 94 valence electrons. The van der Waals surface area contributed by atoms with E-state index in [4.69, 9.17) is 5.11 Å². The molecule has 1 atom stereocenters. The summed E-state index contributed by atoms with van der Waals surface area (Å²) < 4.78 is 0. The van der Waals surface area contributed by atoms with Gasteiger partial charge in [0.2, 0.25) is 0 Å². The Labute approximate surface area is 101 Å². The highest BCUT2D eigenvalue weighted by molar-refractivity contribution is 5.92. The summed E-state index contributed by atoms with van der Waals surface area (Å²) in [5, 5.41) is 19.5. The fraction of sp³-hybridized carbons (Fsp3) is 0.545. The Bertz CT molecular complexity index is 366. The van der Waals surface area contributed by atoms with Gasteiger partial charge >= 0.3 is 0 Å². The number of anilines is 1. The highest BCUT2D eigenvalue weighted by Crippen LogP contribution is 2.10. The molecule has 17 heavy (non-hydrogen) atoms. The third-order valence-corrected chi connectivity index (χ3v) is 2.51. The highest BCUT2D eigenvalue weighted by Gasteiger charge is 2.12. The van der Waals surface area contributed by atoms with Crippen LogP contribution in [-0.4, -0.2) is 47.5 Å². The number of aliphatic hydroxyl groups is 1. The van der Waals surface area contributed by atoms with E-state index >= 15 is 0 Å². The van der Waals surface area contributed by atoms with Crippen LogP contribution in [0.3, 0.4) is 0 Å². The van der Waals surface area contributed by atoms with E-state index in [2.05, 4.69) is 15.5 Å². The number of rotatable bonds is 5. The number of aromatic nitrogens is 2. The van der Waals surface area contributed by atoms with Crippen LogP contribution >= 0.6 is 0 Å². The monoisotopic (exact) mass is 238 g/mol. The number of carbonyl (C=O) groups excluding carboxylic acids is 1. The predicted octanol–water partition coefficient (Wildman–Crippen LogP) is 0.0433. The van der Waals surface area contributed by atoms with Crippen LogP contribution in [0.15, 0.2) is 12.1 Å². The molecule has 6 heteroatoms. The average molecular weight is 238 g/mol. The Morgan fingerprint density at radius 2 is 2.24 bits per heavy atom. The van der Waals surface area contributed by atoms with E-state index in [1.54, 1.807) is 17.0 Å². The fourth-order valence-corrected chi connectivity index (χ4v) is 1.23. The number of amides is 1. The summed E-state index contributed by atoms with van der Waals surface area (Å²) >= 11 is 0. The predicted molar refractivity (Wildman–Crippen MR) is 65.0 cm³/mol. The van der Waals surface area contributed by atoms with E-state index in [-0.39, 0.29) is 18.6 Å². The van der Waals surface area contributed by atoms with Gasteiger partial charge < -0.3 is 15.3 Å². The van der Waals surface area contributed by atoms with Crippen molar-refractivity contribution in [3.8, 4) is 0 Å². The number of carbonyl (C=O) groups is 1. The second kappa shape index (κ2) is 6.15. The van der Waals surface area contributed by atoms with Gasteiger partial charge in [-0.25, -0.2) is 0 Å². The minimum atomic E-state index is -0.232. The fourth-order valence-electron chi connectivity index (χ4n) is 1.23. The van der Waals surface area contributed by atoms with E-state index in [9.17, 15) is 4.79 Å². The molecule has 1 heterocycles. The summed E-state index contributed by atoms with van der Waals surface area (Å²) in [6.07, 6.45) is 0. The van der Waals surface area contributed by atoms with Crippen molar-refractivity contribution in [3.63, 3.8) is 0 Å². The smallest absolute Gasteiger partial charge is 0.271 e. The number of hydrogen-bond acceptors (Lipinski definition) is 5. The molecule has 0 bridgehead atoms. The summed E-state index contributed by atoms with van der Waals surface area (Å²) in [5.41, 5.74) is 0.292. The van der Waals surface area contributed by atoms with Crippen molar-refractivity contribution >= 4 is 11.7 Å². The molecular formula is C11H18N4O2. The van der Waals surface area contributed by atoms with Crippen molar-refractivity contribution in [2.45, 2.75) is 19.9 Å². The minimum Gasteiger partial charge on any atom is -0.394 e. The Balaban J connectivity index is 2.77. The molecule has 0 fully saturated rings. The molecule has 0 saturated heterocycles. The van der Waals surface area contributed by atoms with Gasteiger partial charge in [0.15, 0.2) is 11.5 Å². The lowest BCUT2D eigenvalue weighted by atomic mass is 10.3. The molecule has 2 N–H and O–H groups in total. The molecule has 0 aliphatic heterocycles. The van der Waals surface area contributed by atoms with E-state index in [1.165, 1.54) is 0 Å². The molecular weight excluding hydrogens is 220 g/mol. The second-order valence-electron chi connectivity index (χ2n) is 3.78. The zero-order chi connectivity index (χ0) is 12.8. The maximum atomic E-state index is 11.4. The molecule has 1 unspecified atom stereocenters. The van der Waals surface area contributed by atoms with Crippen LogP contribution in [0.25, 0.3) is 0 Å².